The molecule has 0 saturated heterocycles. The van der Waals surface area contributed by atoms with E-state index in [4.69, 9.17) is 10.5 Å². The average molecular weight is 193 g/mol. The summed E-state index contributed by atoms with van der Waals surface area (Å²) in [5, 5.41) is 0. The monoisotopic (exact) mass is 193 g/mol. The molecule has 1 rings (SSSR count). The van der Waals surface area contributed by atoms with Gasteiger partial charge in [0.2, 0.25) is 0 Å². The standard InChI is InChI=1S/C11H15NO2/c1-7-4-8(2)11(14-3)9(5-7)10(13)6-12/h4-5H,6,12H2,1-3H3. The lowest BCUT2D eigenvalue weighted by atomic mass is 10.0. The van der Waals surface area contributed by atoms with E-state index < -0.39 is 0 Å². The number of Topliss-reactive ketones (excluding diaryl/α,β-unsaturated/α-hetero) is 1. The molecule has 0 fully saturated rings. The van der Waals surface area contributed by atoms with Crippen molar-refractivity contribution in [2.24, 2.45) is 5.73 Å². The van der Waals surface area contributed by atoms with E-state index in [-0.39, 0.29) is 12.3 Å². The van der Waals surface area contributed by atoms with E-state index in [1.807, 2.05) is 19.9 Å². The van der Waals surface area contributed by atoms with Gasteiger partial charge in [0.1, 0.15) is 5.75 Å². The summed E-state index contributed by atoms with van der Waals surface area (Å²) in [5.74, 6) is 0.541. The van der Waals surface area contributed by atoms with Crippen molar-refractivity contribution in [2.45, 2.75) is 13.8 Å². The van der Waals surface area contributed by atoms with E-state index in [1.54, 1.807) is 13.2 Å². The fraction of sp³-hybridized carbons (Fsp3) is 0.364. The Morgan fingerprint density at radius 2 is 2.07 bits per heavy atom. The molecule has 14 heavy (non-hydrogen) atoms. The van der Waals surface area contributed by atoms with Crippen LogP contribution < -0.4 is 10.5 Å². The lowest BCUT2D eigenvalue weighted by Gasteiger charge is -2.10. The van der Waals surface area contributed by atoms with Crippen molar-refractivity contribution < 1.29 is 9.53 Å². The predicted molar refractivity (Wildman–Crippen MR) is 55.9 cm³/mol. The molecule has 76 valence electrons. The third kappa shape index (κ3) is 1.93. The number of carbonyl (C=O) groups is 1. The summed E-state index contributed by atoms with van der Waals surface area (Å²) in [6, 6.07) is 3.78. The van der Waals surface area contributed by atoms with Crippen molar-refractivity contribution in [1.82, 2.24) is 0 Å². The van der Waals surface area contributed by atoms with Crippen LogP contribution in [0.15, 0.2) is 12.1 Å². The number of ether oxygens (including phenoxy) is 1. The average Bonchev–Trinajstić information content (AvgIpc) is 2.15. The van der Waals surface area contributed by atoms with Crippen LogP contribution in [0, 0.1) is 13.8 Å². The zero-order valence-electron chi connectivity index (χ0n) is 8.76. The molecule has 0 aliphatic carbocycles. The molecule has 0 bridgehead atoms. The van der Waals surface area contributed by atoms with Crippen molar-refractivity contribution in [1.29, 1.82) is 0 Å². The Kier molecular flexibility index (Phi) is 3.25. The Hall–Kier alpha value is -1.35. The molecule has 0 heterocycles. The van der Waals surface area contributed by atoms with Gasteiger partial charge in [0.05, 0.1) is 19.2 Å². The summed E-state index contributed by atoms with van der Waals surface area (Å²) in [4.78, 5) is 11.5. The maximum Gasteiger partial charge on any atom is 0.180 e. The number of aryl methyl sites for hydroxylation is 2. The molecular formula is C11H15NO2. The zero-order valence-corrected chi connectivity index (χ0v) is 8.76. The topological polar surface area (TPSA) is 52.3 Å². The van der Waals surface area contributed by atoms with Crippen LogP contribution in [0.4, 0.5) is 0 Å². The molecule has 1 aromatic rings. The molecule has 1 aromatic carbocycles. The van der Waals surface area contributed by atoms with Crippen LogP contribution in [0.1, 0.15) is 21.5 Å². The molecule has 3 nitrogen and oxygen atoms in total. The second-order valence-electron chi connectivity index (χ2n) is 3.29. The highest BCUT2D eigenvalue weighted by atomic mass is 16.5. The van der Waals surface area contributed by atoms with Gasteiger partial charge in [-0.2, -0.15) is 0 Å². The van der Waals surface area contributed by atoms with Crippen LogP contribution in [-0.4, -0.2) is 19.4 Å². The molecular weight excluding hydrogens is 178 g/mol. The Bertz CT molecular complexity index is 359. The number of rotatable bonds is 3. The molecule has 0 unspecified atom stereocenters. The third-order valence-electron chi connectivity index (χ3n) is 2.11. The summed E-state index contributed by atoms with van der Waals surface area (Å²) in [7, 11) is 1.56. The van der Waals surface area contributed by atoms with Crippen molar-refractivity contribution in [3.63, 3.8) is 0 Å². The summed E-state index contributed by atoms with van der Waals surface area (Å²) in [6.07, 6.45) is 0. The van der Waals surface area contributed by atoms with E-state index >= 15 is 0 Å². The van der Waals surface area contributed by atoms with Crippen molar-refractivity contribution in [3.05, 3.63) is 28.8 Å². The summed E-state index contributed by atoms with van der Waals surface area (Å²) >= 11 is 0. The Morgan fingerprint density at radius 1 is 1.43 bits per heavy atom. The number of carbonyl (C=O) groups excluding carboxylic acids is 1. The van der Waals surface area contributed by atoms with Crippen LogP contribution in [0.3, 0.4) is 0 Å². The van der Waals surface area contributed by atoms with E-state index in [9.17, 15) is 4.79 Å². The first-order chi connectivity index (χ1) is 6.60. The smallest absolute Gasteiger partial charge is 0.180 e. The predicted octanol–water partition coefficient (Wildman–Crippen LogP) is 1.45. The number of hydrogen-bond donors (Lipinski definition) is 1. The van der Waals surface area contributed by atoms with Gasteiger partial charge in [-0.3, -0.25) is 4.79 Å². The second-order valence-corrected chi connectivity index (χ2v) is 3.29. The van der Waals surface area contributed by atoms with Gasteiger partial charge in [-0.1, -0.05) is 6.07 Å². The van der Waals surface area contributed by atoms with E-state index in [0.717, 1.165) is 11.1 Å². The molecule has 0 aliphatic rings. The number of ketones is 1. The molecule has 2 N–H and O–H groups in total. The van der Waals surface area contributed by atoms with Gasteiger partial charge in [0, 0.05) is 0 Å². The second kappa shape index (κ2) is 4.24. The van der Waals surface area contributed by atoms with Gasteiger partial charge in [-0.25, -0.2) is 0 Å². The van der Waals surface area contributed by atoms with E-state index in [1.165, 1.54) is 0 Å². The largest absolute Gasteiger partial charge is 0.496 e. The zero-order chi connectivity index (χ0) is 10.7. The lowest BCUT2D eigenvalue weighted by Crippen LogP contribution is -2.15. The Balaban J connectivity index is 3.32. The van der Waals surface area contributed by atoms with Crippen molar-refractivity contribution in [3.8, 4) is 5.75 Å². The molecule has 0 spiro atoms. The quantitative estimate of drug-likeness (QED) is 0.739. The number of methoxy groups -OCH3 is 1. The first kappa shape index (κ1) is 10.7. The SMILES string of the molecule is COc1c(C)cc(C)cc1C(=O)CN. The fourth-order valence-electron chi connectivity index (χ4n) is 1.54. The molecule has 0 radical (unpaired) electrons. The first-order valence-electron chi connectivity index (χ1n) is 4.48. The van der Waals surface area contributed by atoms with Gasteiger partial charge < -0.3 is 10.5 Å². The Labute approximate surface area is 83.9 Å². The summed E-state index contributed by atoms with van der Waals surface area (Å²) < 4.78 is 5.18. The lowest BCUT2D eigenvalue weighted by molar-refractivity contribution is 0.0998. The minimum absolute atomic E-state index is 0.0131. The van der Waals surface area contributed by atoms with E-state index in [0.29, 0.717) is 11.3 Å². The maximum atomic E-state index is 11.5. The summed E-state index contributed by atoms with van der Waals surface area (Å²) in [5.41, 5.74) is 7.90. The molecule has 3 heteroatoms. The fourth-order valence-corrected chi connectivity index (χ4v) is 1.54. The van der Waals surface area contributed by atoms with Gasteiger partial charge >= 0.3 is 0 Å². The summed E-state index contributed by atoms with van der Waals surface area (Å²) in [6.45, 7) is 3.87. The molecule has 0 aromatic heterocycles. The minimum atomic E-state index is -0.0892. The highest BCUT2D eigenvalue weighted by Crippen LogP contribution is 2.25. The van der Waals surface area contributed by atoms with Crippen LogP contribution in [-0.2, 0) is 0 Å². The number of nitrogens with two attached hydrogens (primary N) is 1. The third-order valence-corrected chi connectivity index (χ3v) is 2.11. The highest BCUT2D eigenvalue weighted by Gasteiger charge is 2.13. The van der Waals surface area contributed by atoms with E-state index in [2.05, 4.69) is 0 Å². The normalized spacial score (nSPS) is 10.0. The van der Waals surface area contributed by atoms with Gasteiger partial charge in [-0.05, 0) is 31.0 Å². The number of benzene rings is 1. The van der Waals surface area contributed by atoms with Gasteiger partial charge in [0.15, 0.2) is 5.78 Å². The highest BCUT2D eigenvalue weighted by molar-refractivity contribution is 6.00. The van der Waals surface area contributed by atoms with Crippen LogP contribution in [0.25, 0.3) is 0 Å². The molecule has 0 aliphatic heterocycles. The van der Waals surface area contributed by atoms with Gasteiger partial charge in [0.25, 0.3) is 0 Å². The maximum absolute atomic E-state index is 11.5. The minimum Gasteiger partial charge on any atom is -0.496 e. The number of hydrogen-bond acceptors (Lipinski definition) is 3. The van der Waals surface area contributed by atoms with Crippen molar-refractivity contribution >= 4 is 5.78 Å². The first-order valence-corrected chi connectivity index (χ1v) is 4.48. The molecule has 0 atom stereocenters. The van der Waals surface area contributed by atoms with Crippen LogP contribution >= 0.6 is 0 Å². The Morgan fingerprint density at radius 3 is 2.57 bits per heavy atom. The van der Waals surface area contributed by atoms with Crippen LogP contribution in [0.5, 0.6) is 5.75 Å². The van der Waals surface area contributed by atoms with Crippen LogP contribution in [0.2, 0.25) is 0 Å². The molecule has 0 amide bonds. The van der Waals surface area contributed by atoms with Crippen molar-refractivity contribution in [2.75, 3.05) is 13.7 Å². The molecule has 0 saturated carbocycles. The van der Waals surface area contributed by atoms with Gasteiger partial charge in [-0.15, -0.1) is 0 Å².